The van der Waals surface area contributed by atoms with E-state index in [2.05, 4.69) is 20.9 Å². The Labute approximate surface area is 77.4 Å². The first kappa shape index (κ1) is 10.0. The van der Waals surface area contributed by atoms with Gasteiger partial charge >= 0.3 is 0 Å². The zero-order chi connectivity index (χ0) is 9.03. The fourth-order valence-corrected chi connectivity index (χ4v) is 2.07. The normalized spacial score (nSPS) is 23.0. The second-order valence-electron chi connectivity index (χ2n) is 5.03. The Morgan fingerprint density at radius 2 is 1.67 bits per heavy atom. The quantitative estimate of drug-likeness (QED) is 0.571. The van der Waals surface area contributed by atoms with Crippen LogP contribution in [-0.4, -0.2) is 31.2 Å². The van der Waals surface area contributed by atoms with Crippen LogP contribution in [-0.2, 0) is 0 Å². The number of rotatable bonds is 3. The highest BCUT2D eigenvalue weighted by Crippen LogP contribution is 2.17. The van der Waals surface area contributed by atoms with Gasteiger partial charge in [-0.05, 0) is 31.6 Å². The van der Waals surface area contributed by atoms with E-state index >= 15 is 0 Å². The van der Waals surface area contributed by atoms with E-state index in [1.54, 1.807) is 0 Å². The van der Waals surface area contributed by atoms with Gasteiger partial charge in [0.2, 0.25) is 0 Å². The van der Waals surface area contributed by atoms with Crippen LogP contribution in [0.4, 0.5) is 0 Å². The van der Waals surface area contributed by atoms with Gasteiger partial charge in [0, 0.05) is 0 Å². The Kier molecular flexibility index (Phi) is 3.57. The predicted octanol–water partition coefficient (Wildman–Crippen LogP) is 2.66. The lowest BCUT2D eigenvalue weighted by molar-refractivity contribution is -0.914. The van der Waals surface area contributed by atoms with E-state index in [-0.39, 0.29) is 0 Å². The molecule has 1 rings (SSSR count). The van der Waals surface area contributed by atoms with Gasteiger partial charge in [0.25, 0.3) is 0 Å². The zero-order valence-corrected chi connectivity index (χ0v) is 8.97. The summed E-state index contributed by atoms with van der Waals surface area (Å²) >= 11 is 0. The van der Waals surface area contributed by atoms with Crippen molar-refractivity contribution < 1.29 is 4.48 Å². The van der Waals surface area contributed by atoms with Crippen LogP contribution in [0.3, 0.4) is 0 Å². The number of hydrogen-bond donors (Lipinski definition) is 0. The number of hydrogen-bond acceptors (Lipinski definition) is 0. The van der Waals surface area contributed by atoms with Gasteiger partial charge in [0.05, 0.1) is 26.7 Å². The van der Waals surface area contributed by atoms with E-state index in [4.69, 9.17) is 0 Å². The smallest absolute Gasteiger partial charge is 0.0787 e. The van der Waals surface area contributed by atoms with Crippen LogP contribution in [0.2, 0.25) is 0 Å². The molecule has 1 nitrogen and oxygen atoms in total. The van der Waals surface area contributed by atoms with Gasteiger partial charge in [-0.25, -0.2) is 0 Å². The molecule has 0 atom stereocenters. The summed E-state index contributed by atoms with van der Waals surface area (Å²) in [4.78, 5) is 0. The van der Waals surface area contributed by atoms with Crippen LogP contribution < -0.4 is 0 Å². The maximum Gasteiger partial charge on any atom is 0.0787 e. The largest absolute Gasteiger partial charge is 0.326 e. The van der Waals surface area contributed by atoms with Crippen LogP contribution >= 0.6 is 0 Å². The number of quaternary nitrogens is 1. The molecular weight excluding hydrogens is 146 g/mol. The third-order valence-corrected chi connectivity index (χ3v) is 3.14. The van der Waals surface area contributed by atoms with Crippen molar-refractivity contribution in [3.63, 3.8) is 0 Å². The second kappa shape index (κ2) is 4.27. The molecule has 1 aliphatic rings. The molecule has 1 saturated heterocycles. The van der Waals surface area contributed by atoms with E-state index in [9.17, 15) is 0 Å². The van der Waals surface area contributed by atoms with E-state index in [1.165, 1.54) is 49.8 Å². The summed E-state index contributed by atoms with van der Waals surface area (Å²) in [5, 5.41) is 0. The van der Waals surface area contributed by atoms with Crippen LogP contribution in [0.15, 0.2) is 0 Å². The van der Waals surface area contributed by atoms with Gasteiger partial charge < -0.3 is 4.48 Å². The first-order valence-corrected chi connectivity index (χ1v) is 5.46. The maximum atomic E-state index is 2.43. The van der Waals surface area contributed by atoms with Crippen molar-refractivity contribution in [3.05, 3.63) is 0 Å². The first-order valence-electron chi connectivity index (χ1n) is 5.46. The molecular formula is C11H24N+. The molecule has 0 radical (unpaired) electrons. The van der Waals surface area contributed by atoms with E-state index < -0.39 is 0 Å². The van der Waals surface area contributed by atoms with Crippen LogP contribution in [0.25, 0.3) is 0 Å². The fourth-order valence-electron chi connectivity index (χ4n) is 2.07. The summed E-state index contributed by atoms with van der Waals surface area (Å²) in [5.74, 6) is 0.877. The molecule has 0 aromatic rings. The average Bonchev–Trinajstić information content (AvgIpc) is 2.03. The second-order valence-corrected chi connectivity index (χ2v) is 5.03. The van der Waals surface area contributed by atoms with Crippen LogP contribution in [0.1, 0.15) is 39.5 Å². The first-order chi connectivity index (χ1) is 5.62. The lowest BCUT2D eigenvalue weighted by Crippen LogP contribution is -2.48. The minimum atomic E-state index is 0.877. The van der Waals surface area contributed by atoms with Crippen molar-refractivity contribution in [2.24, 2.45) is 5.92 Å². The van der Waals surface area contributed by atoms with Crippen molar-refractivity contribution in [3.8, 4) is 0 Å². The highest BCUT2D eigenvalue weighted by atomic mass is 15.3. The fraction of sp³-hybridized carbons (Fsp3) is 1.00. The average molecular weight is 170 g/mol. The molecule has 1 fully saturated rings. The van der Waals surface area contributed by atoms with Crippen LogP contribution in [0, 0.1) is 5.92 Å². The Morgan fingerprint density at radius 1 is 1.08 bits per heavy atom. The Morgan fingerprint density at radius 3 is 2.17 bits per heavy atom. The highest BCUT2D eigenvalue weighted by molar-refractivity contribution is 4.53. The monoisotopic (exact) mass is 170 g/mol. The molecule has 0 unspecified atom stereocenters. The molecule has 0 amide bonds. The van der Waals surface area contributed by atoms with Crippen molar-refractivity contribution >= 4 is 0 Å². The summed E-state index contributed by atoms with van der Waals surface area (Å²) in [6.45, 7) is 8.91. The lowest BCUT2D eigenvalue weighted by Gasteiger charge is -2.38. The summed E-state index contributed by atoms with van der Waals surface area (Å²) < 4.78 is 1.35. The predicted molar refractivity (Wildman–Crippen MR) is 54.1 cm³/mol. The van der Waals surface area contributed by atoms with Gasteiger partial charge in [0.1, 0.15) is 0 Å². The van der Waals surface area contributed by atoms with Gasteiger partial charge in [-0.2, -0.15) is 0 Å². The molecule has 0 spiro atoms. The zero-order valence-electron chi connectivity index (χ0n) is 8.97. The van der Waals surface area contributed by atoms with Crippen molar-refractivity contribution in [1.29, 1.82) is 0 Å². The van der Waals surface area contributed by atoms with Crippen molar-refractivity contribution in [2.45, 2.75) is 39.5 Å². The summed E-state index contributed by atoms with van der Waals surface area (Å²) in [6.07, 6.45) is 5.77. The maximum absolute atomic E-state index is 2.43. The standard InChI is InChI=1S/C11H24N/c1-11(2)7-10-12(3)8-5-4-6-9-12/h11H,4-10H2,1-3H3/q+1. The summed E-state index contributed by atoms with van der Waals surface area (Å²) in [5.41, 5.74) is 0. The van der Waals surface area contributed by atoms with E-state index in [0.29, 0.717) is 0 Å². The molecule has 0 saturated carbocycles. The number of likely N-dealkylation sites (tertiary alicyclic amines) is 1. The lowest BCUT2D eigenvalue weighted by atomic mass is 10.1. The topological polar surface area (TPSA) is 0 Å². The van der Waals surface area contributed by atoms with Gasteiger partial charge in [-0.1, -0.05) is 13.8 Å². The molecule has 0 aliphatic carbocycles. The van der Waals surface area contributed by atoms with Gasteiger partial charge in [0.15, 0.2) is 0 Å². The molecule has 0 aromatic carbocycles. The Bertz CT molecular complexity index is 123. The van der Waals surface area contributed by atoms with E-state index in [0.717, 1.165) is 5.92 Å². The summed E-state index contributed by atoms with van der Waals surface area (Å²) in [7, 11) is 2.43. The molecule has 72 valence electrons. The van der Waals surface area contributed by atoms with Gasteiger partial charge in [-0.3, -0.25) is 0 Å². The Hall–Kier alpha value is -0.0400. The van der Waals surface area contributed by atoms with Crippen LogP contribution in [0.5, 0.6) is 0 Å². The molecule has 1 heteroatoms. The van der Waals surface area contributed by atoms with E-state index in [1.807, 2.05) is 0 Å². The minimum absolute atomic E-state index is 0.877. The summed E-state index contributed by atoms with van der Waals surface area (Å²) in [6, 6.07) is 0. The SMILES string of the molecule is CC(C)CC[N+]1(C)CCCCC1. The minimum Gasteiger partial charge on any atom is -0.326 e. The Balaban J connectivity index is 2.26. The molecule has 0 N–H and O–H groups in total. The number of piperidine rings is 1. The highest BCUT2D eigenvalue weighted by Gasteiger charge is 2.23. The molecule has 1 aliphatic heterocycles. The molecule has 0 aromatic heterocycles. The van der Waals surface area contributed by atoms with Crippen molar-refractivity contribution in [1.82, 2.24) is 0 Å². The third-order valence-electron chi connectivity index (χ3n) is 3.14. The molecule has 1 heterocycles. The third kappa shape index (κ3) is 3.14. The van der Waals surface area contributed by atoms with Crippen molar-refractivity contribution in [2.75, 3.05) is 26.7 Å². The molecule has 0 bridgehead atoms. The molecule has 12 heavy (non-hydrogen) atoms. The number of nitrogens with zero attached hydrogens (tertiary/aromatic N) is 1. The van der Waals surface area contributed by atoms with Gasteiger partial charge in [-0.15, -0.1) is 0 Å².